The molecule has 0 unspecified atom stereocenters. The van der Waals surface area contributed by atoms with Crippen LogP contribution < -0.4 is 0 Å². The number of benzene rings is 4. The van der Waals surface area contributed by atoms with Gasteiger partial charge in [0, 0.05) is 12.8 Å². The second-order valence-corrected chi connectivity index (χ2v) is 12.1. The number of esters is 1. The molecule has 0 saturated carbocycles. The number of rotatable bonds is 15. The van der Waals surface area contributed by atoms with E-state index < -0.39 is 36.2 Å². The smallest absolute Gasteiger partial charge is 0.356 e. The van der Waals surface area contributed by atoms with Crippen LogP contribution in [0.3, 0.4) is 0 Å². The van der Waals surface area contributed by atoms with E-state index in [4.69, 9.17) is 33.3 Å². The maximum absolute atomic E-state index is 12.6. The van der Waals surface area contributed by atoms with Crippen LogP contribution in [0.25, 0.3) is 0 Å². The van der Waals surface area contributed by atoms with Crippen molar-refractivity contribution in [3.63, 3.8) is 0 Å². The molecule has 5 atom stereocenters. The van der Waals surface area contributed by atoms with Gasteiger partial charge in [0.25, 0.3) is 5.79 Å². The summed E-state index contributed by atoms with van der Waals surface area (Å²) in [5.74, 6) is -1.92. The van der Waals surface area contributed by atoms with Crippen LogP contribution in [-0.4, -0.2) is 55.1 Å². The molecule has 256 valence electrons. The van der Waals surface area contributed by atoms with E-state index in [1.807, 2.05) is 121 Å². The Morgan fingerprint density at radius 3 is 1.67 bits per heavy atom. The molecular formula is C40H43NO8. The van der Waals surface area contributed by atoms with E-state index in [1.165, 1.54) is 0 Å². The van der Waals surface area contributed by atoms with Crippen molar-refractivity contribution in [3.05, 3.63) is 144 Å². The fraction of sp³-hybridized carbons (Fsp3) is 0.350. The Balaban J connectivity index is 1.35. The first kappa shape index (κ1) is 34.5. The Morgan fingerprint density at radius 2 is 1.18 bits per heavy atom. The van der Waals surface area contributed by atoms with Gasteiger partial charge in [-0.05, 0) is 29.2 Å². The lowest BCUT2D eigenvalue weighted by molar-refractivity contribution is -0.387. The molecule has 4 aromatic carbocycles. The highest BCUT2D eigenvalue weighted by atomic mass is 16.8. The van der Waals surface area contributed by atoms with E-state index in [0.717, 1.165) is 22.3 Å². The highest BCUT2D eigenvalue weighted by Crippen LogP contribution is 2.42. The fourth-order valence-electron chi connectivity index (χ4n) is 6.06. The summed E-state index contributed by atoms with van der Waals surface area (Å²) in [5, 5.41) is 4.26. The van der Waals surface area contributed by atoms with Crippen molar-refractivity contribution in [3.8, 4) is 0 Å². The summed E-state index contributed by atoms with van der Waals surface area (Å²) in [5.41, 5.74) is 4.21. The number of hydrogen-bond donors (Lipinski definition) is 0. The Hall–Kier alpha value is -4.38. The molecule has 0 radical (unpaired) electrons. The Kier molecular flexibility index (Phi) is 12.2. The van der Waals surface area contributed by atoms with Crippen molar-refractivity contribution in [1.29, 1.82) is 0 Å². The van der Waals surface area contributed by atoms with Crippen LogP contribution in [0, 0.1) is 0 Å². The van der Waals surface area contributed by atoms with Crippen LogP contribution in [0.15, 0.2) is 126 Å². The lowest BCUT2D eigenvalue weighted by Gasteiger charge is -2.51. The van der Waals surface area contributed by atoms with Gasteiger partial charge in [-0.15, -0.1) is 0 Å². The van der Waals surface area contributed by atoms with Crippen LogP contribution in [-0.2, 0) is 64.5 Å². The molecule has 1 fully saturated rings. The van der Waals surface area contributed by atoms with Gasteiger partial charge in [0.15, 0.2) is 11.8 Å². The lowest BCUT2D eigenvalue weighted by Crippen LogP contribution is -2.68. The summed E-state index contributed by atoms with van der Waals surface area (Å²) in [7, 11) is 0. The summed E-state index contributed by atoms with van der Waals surface area (Å²) in [6.07, 6.45) is -2.19. The molecule has 2 aliphatic rings. The Morgan fingerprint density at radius 1 is 0.694 bits per heavy atom. The average Bonchev–Trinajstić information content (AvgIpc) is 3.15. The van der Waals surface area contributed by atoms with Crippen molar-refractivity contribution in [2.75, 3.05) is 13.2 Å². The number of ether oxygens (including phenoxy) is 6. The second kappa shape index (κ2) is 17.3. The predicted octanol–water partition coefficient (Wildman–Crippen LogP) is 6.78. The quantitative estimate of drug-likeness (QED) is 0.128. The zero-order valence-corrected chi connectivity index (χ0v) is 27.7. The first-order valence-electron chi connectivity index (χ1n) is 16.8. The zero-order chi connectivity index (χ0) is 33.7. The van der Waals surface area contributed by atoms with E-state index in [9.17, 15) is 4.79 Å². The number of carbonyl (C=O) groups is 1. The number of carbonyl (C=O) groups excluding carboxylic acids is 1. The van der Waals surface area contributed by atoms with Crippen molar-refractivity contribution in [2.45, 2.75) is 76.4 Å². The molecular weight excluding hydrogens is 622 g/mol. The first-order valence-corrected chi connectivity index (χ1v) is 16.8. The van der Waals surface area contributed by atoms with Crippen LogP contribution in [0.2, 0.25) is 0 Å². The second-order valence-electron chi connectivity index (χ2n) is 12.1. The molecule has 0 aromatic heterocycles. The molecule has 9 nitrogen and oxygen atoms in total. The topological polar surface area (TPSA) is 94.0 Å². The predicted molar refractivity (Wildman–Crippen MR) is 183 cm³/mol. The summed E-state index contributed by atoms with van der Waals surface area (Å²) < 4.78 is 38.6. The molecule has 0 N–H and O–H groups in total. The van der Waals surface area contributed by atoms with Crippen molar-refractivity contribution in [1.82, 2.24) is 0 Å². The van der Waals surface area contributed by atoms with Gasteiger partial charge < -0.3 is 33.3 Å². The molecule has 0 aliphatic carbocycles. The largest absolute Gasteiger partial charge is 0.461 e. The van der Waals surface area contributed by atoms with Crippen LogP contribution in [0.1, 0.15) is 42.0 Å². The molecule has 6 rings (SSSR count). The minimum Gasteiger partial charge on any atom is -0.461 e. The number of hydrogen-bond acceptors (Lipinski definition) is 9. The highest BCUT2D eigenvalue weighted by molar-refractivity contribution is 6.36. The van der Waals surface area contributed by atoms with Gasteiger partial charge >= 0.3 is 5.97 Å². The molecule has 4 aromatic rings. The fourth-order valence-corrected chi connectivity index (χ4v) is 6.06. The number of oxime groups is 1. The van der Waals surface area contributed by atoms with Crippen molar-refractivity contribution < 1.29 is 38.1 Å². The molecule has 1 saturated heterocycles. The van der Waals surface area contributed by atoms with E-state index in [1.54, 1.807) is 6.92 Å². The van der Waals surface area contributed by atoms with E-state index >= 15 is 0 Å². The van der Waals surface area contributed by atoms with E-state index in [2.05, 4.69) is 5.16 Å². The summed E-state index contributed by atoms with van der Waals surface area (Å²) in [4.78, 5) is 18.9. The van der Waals surface area contributed by atoms with Crippen molar-refractivity contribution >= 4 is 11.7 Å². The summed E-state index contributed by atoms with van der Waals surface area (Å²) in [6.45, 7) is 3.44. The maximum atomic E-state index is 12.6. The van der Waals surface area contributed by atoms with E-state index in [0.29, 0.717) is 19.8 Å². The van der Waals surface area contributed by atoms with Gasteiger partial charge in [-0.25, -0.2) is 4.79 Å². The number of nitrogens with zero attached hydrogens (tertiary/aromatic N) is 1. The third-order valence-electron chi connectivity index (χ3n) is 8.54. The summed E-state index contributed by atoms with van der Waals surface area (Å²) in [6, 6.07) is 39.8. The lowest BCUT2D eigenvalue weighted by atomic mass is 9.88. The molecule has 49 heavy (non-hydrogen) atoms. The van der Waals surface area contributed by atoms with Gasteiger partial charge in [0.1, 0.15) is 18.3 Å². The molecule has 2 aliphatic heterocycles. The highest BCUT2D eigenvalue weighted by Gasteiger charge is 2.60. The standard InChI is InChI=1S/C40H43NO8/c1-2-44-39(42)34-23-24-40(49-41-34)38(47-28-33-21-13-6-14-22-33)37(46-27-32-19-11-5-12-20-32)36(45-26-31-17-9-4-10-18-31)35(48-40)29-43-25-30-15-7-3-8-16-30/h3-22,35-38H,2,23-29H2,1H3/t35-,36-,37+,38-,40-/m1/s1. The van der Waals surface area contributed by atoms with Gasteiger partial charge in [-0.2, -0.15) is 0 Å². The SMILES string of the molecule is CCOC(=O)C1=NO[C@@]2(CC1)O[C@H](COCc1ccccc1)[C@@H](OCc1ccccc1)[C@H](OCc1ccccc1)[C@H]2OCc1ccccc1. The monoisotopic (exact) mass is 665 g/mol. The minimum atomic E-state index is -1.40. The molecule has 0 amide bonds. The minimum absolute atomic E-state index is 0.185. The van der Waals surface area contributed by atoms with Gasteiger partial charge in [-0.1, -0.05) is 126 Å². The third-order valence-corrected chi connectivity index (χ3v) is 8.54. The molecule has 9 heteroatoms. The Bertz CT molecular complexity index is 1600. The molecule has 1 spiro atoms. The normalized spacial score (nSPS) is 23.4. The third kappa shape index (κ3) is 9.20. The van der Waals surface area contributed by atoms with E-state index in [-0.39, 0.29) is 38.4 Å². The molecule has 0 bridgehead atoms. The maximum Gasteiger partial charge on any atom is 0.356 e. The summed E-state index contributed by atoms with van der Waals surface area (Å²) >= 11 is 0. The Labute approximate surface area is 287 Å². The average molecular weight is 666 g/mol. The molecule has 2 heterocycles. The van der Waals surface area contributed by atoms with Gasteiger partial charge in [-0.3, -0.25) is 0 Å². The van der Waals surface area contributed by atoms with Gasteiger partial charge in [0.2, 0.25) is 0 Å². The zero-order valence-electron chi connectivity index (χ0n) is 27.7. The van der Waals surface area contributed by atoms with Crippen LogP contribution >= 0.6 is 0 Å². The first-order chi connectivity index (χ1) is 24.1. The van der Waals surface area contributed by atoms with Crippen LogP contribution in [0.5, 0.6) is 0 Å². The van der Waals surface area contributed by atoms with Crippen molar-refractivity contribution in [2.24, 2.45) is 5.16 Å². The van der Waals surface area contributed by atoms with Gasteiger partial charge in [0.05, 0.1) is 39.6 Å². The van der Waals surface area contributed by atoms with Crippen LogP contribution in [0.4, 0.5) is 0 Å².